The van der Waals surface area contributed by atoms with E-state index in [0.717, 1.165) is 10.3 Å². The summed E-state index contributed by atoms with van der Waals surface area (Å²) in [6.45, 7) is 3.71. The molecule has 164 valence electrons. The molecule has 0 saturated carbocycles. The zero-order valence-electron chi connectivity index (χ0n) is 17.9. The predicted octanol–water partition coefficient (Wildman–Crippen LogP) is 4.50. The number of esters is 1. The topological polar surface area (TPSA) is 103 Å². The summed E-state index contributed by atoms with van der Waals surface area (Å²) in [4.78, 5) is 44.0. The molecule has 0 fully saturated rings. The van der Waals surface area contributed by atoms with Gasteiger partial charge in [0.15, 0.2) is 12.4 Å². The lowest BCUT2D eigenvalue weighted by atomic mass is 9.94. The summed E-state index contributed by atoms with van der Waals surface area (Å²) in [5.74, 6) is -0.546. The van der Waals surface area contributed by atoms with Crippen LogP contribution in [0, 0.1) is 0 Å². The Kier molecular flexibility index (Phi) is 4.97. The minimum atomic E-state index is -0.586. The smallest absolute Gasteiger partial charge is 0.338 e. The molecule has 1 aromatic heterocycles. The van der Waals surface area contributed by atoms with E-state index in [0.29, 0.717) is 28.0 Å². The van der Waals surface area contributed by atoms with Crippen LogP contribution in [0.1, 0.15) is 62.6 Å². The third kappa shape index (κ3) is 3.55. The van der Waals surface area contributed by atoms with Crippen molar-refractivity contribution in [1.82, 2.24) is 10.1 Å². The molecule has 33 heavy (non-hydrogen) atoms. The number of amides is 2. The molecule has 8 heteroatoms. The standard InChI is InChI=1S/C25H19N3O5/c1-14(2)22-26-20(33-27-22)13-32-25(31)16-9-11-17(12-10-16)28-23(29)18-7-3-5-15-6-4-8-19(21(15)18)24(28)30/h3-12,14H,13H2,1-2H3. The molecule has 0 atom stereocenters. The van der Waals surface area contributed by atoms with Crippen LogP contribution in [0.3, 0.4) is 0 Å². The molecule has 5 rings (SSSR count). The van der Waals surface area contributed by atoms with E-state index < -0.39 is 17.8 Å². The van der Waals surface area contributed by atoms with Crippen molar-refractivity contribution < 1.29 is 23.6 Å². The number of anilines is 1. The Bertz CT molecular complexity index is 1350. The van der Waals surface area contributed by atoms with Crippen molar-refractivity contribution >= 4 is 34.2 Å². The van der Waals surface area contributed by atoms with Crippen molar-refractivity contribution in [2.24, 2.45) is 0 Å². The summed E-state index contributed by atoms with van der Waals surface area (Å²) < 4.78 is 10.3. The van der Waals surface area contributed by atoms with Gasteiger partial charge in [-0.15, -0.1) is 0 Å². The fraction of sp³-hybridized carbons (Fsp3) is 0.160. The van der Waals surface area contributed by atoms with Gasteiger partial charge in [-0.3, -0.25) is 9.59 Å². The van der Waals surface area contributed by atoms with Gasteiger partial charge in [0, 0.05) is 22.4 Å². The van der Waals surface area contributed by atoms with Gasteiger partial charge in [-0.2, -0.15) is 4.98 Å². The summed E-state index contributed by atoms with van der Waals surface area (Å²) in [7, 11) is 0. The third-order valence-corrected chi connectivity index (χ3v) is 5.46. The lowest BCUT2D eigenvalue weighted by Gasteiger charge is -2.27. The van der Waals surface area contributed by atoms with Crippen LogP contribution < -0.4 is 4.90 Å². The minimum absolute atomic E-state index is 0.102. The van der Waals surface area contributed by atoms with Crippen molar-refractivity contribution in [2.75, 3.05) is 4.90 Å². The van der Waals surface area contributed by atoms with Crippen LogP contribution in [0.25, 0.3) is 10.8 Å². The Labute approximate surface area is 188 Å². The molecule has 1 aliphatic heterocycles. The molecule has 2 heterocycles. The van der Waals surface area contributed by atoms with Crippen LogP contribution in [0.4, 0.5) is 5.69 Å². The minimum Gasteiger partial charge on any atom is -0.452 e. The quantitative estimate of drug-likeness (QED) is 0.332. The molecule has 0 unspecified atom stereocenters. The predicted molar refractivity (Wildman–Crippen MR) is 119 cm³/mol. The van der Waals surface area contributed by atoms with Crippen molar-refractivity contribution in [2.45, 2.75) is 26.4 Å². The lowest BCUT2D eigenvalue weighted by molar-refractivity contribution is 0.0429. The van der Waals surface area contributed by atoms with E-state index >= 15 is 0 Å². The molecule has 3 aromatic carbocycles. The zero-order chi connectivity index (χ0) is 23.1. The van der Waals surface area contributed by atoms with E-state index in [4.69, 9.17) is 9.26 Å². The van der Waals surface area contributed by atoms with Crippen LogP contribution in [0.15, 0.2) is 65.2 Å². The fourth-order valence-electron chi connectivity index (χ4n) is 3.78. The first-order valence-corrected chi connectivity index (χ1v) is 10.4. The highest BCUT2D eigenvalue weighted by molar-refractivity contribution is 6.35. The van der Waals surface area contributed by atoms with Crippen LogP contribution in [-0.4, -0.2) is 27.9 Å². The van der Waals surface area contributed by atoms with Crippen molar-refractivity contribution in [3.63, 3.8) is 0 Å². The van der Waals surface area contributed by atoms with E-state index in [2.05, 4.69) is 10.1 Å². The summed E-state index contributed by atoms with van der Waals surface area (Å²) in [5.41, 5.74) is 1.56. The Morgan fingerprint density at radius 3 is 2.18 bits per heavy atom. The SMILES string of the molecule is CC(C)c1noc(COC(=O)c2ccc(N3C(=O)c4cccc5cccc(c45)C3=O)cc2)n1. The number of aromatic nitrogens is 2. The average Bonchev–Trinajstić information content (AvgIpc) is 3.31. The normalized spacial score (nSPS) is 13.1. The third-order valence-electron chi connectivity index (χ3n) is 5.46. The van der Waals surface area contributed by atoms with E-state index in [1.165, 1.54) is 12.1 Å². The van der Waals surface area contributed by atoms with Gasteiger partial charge in [-0.25, -0.2) is 9.69 Å². The number of benzene rings is 3. The average molecular weight is 441 g/mol. The Hall–Kier alpha value is -4.33. The van der Waals surface area contributed by atoms with Gasteiger partial charge in [0.1, 0.15) is 0 Å². The van der Waals surface area contributed by atoms with Crippen LogP contribution in [0.2, 0.25) is 0 Å². The van der Waals surface area contributed by atoms with Gasteiger partial charge in [-0.05, 0) is 41.8 Å². The number of nitrogens with zero attached hydrogens (tertiary/aromatic N) is 3. The molecule has 2 amide bonds. The van der Waals surface area contributed by atoms with E-state index in [1.54, 1.807) is 36.4 Å². The maximum Gasteiger partial charge on any atom is 0.338 e. The summed E-state index contributed by atoms with van der Waals surface area (Å²) in [6, 6.07) is 16.9. The van der Waals surface area contributed by atoms with Crippen LogP contribution in [0.5, 0.6) is 0 Å². The molecule has 0 spiro atoms. The highest BCUT2D eigenvalue weighted by atomic mass is 16.6. The second kappa shape index (κ2) is 7.98. The van der Waals surface area contributed by atoms with Crippen molar-refractivity contribution in [3.8, 4) is 0 Å². The fourth-order valence-corrected chi connectivity index (χ4v) is 3.78. The lowest BCUT2D eigenvalue weighted by Crippen LogP contribution is -2.40. The van der Waals surface area contributed by atoms with Gasteiger partial charge in [0.2, 0.25) is 0 Å². The highest BCUT2D eigenvalue weighted by Crippen LogP contribution is 2.32. The largest absolute Gasteiger partial charge is 0.452 e. The Balaban J connectivity index is 1.35. The number of hydrogen-bond donors (Lipinski definition) is 0. The number of carbonyl (C=O) groups is 3. The van der Waals surface area contributed by atoms with Crippen molar-refractivity contribution in [3.05, 3.63) is 89.1 Å². The first kappa shape index (κ1) is 20.6. The Morgan fingerprint density at radius 1 is 0.970 bits per heavy atom. The number of carbonyl (C=O) groups excluding carboxylic acids is 3. The van der Waals surface area contributed by atoms with Crippen LogP contribution in [-0.2, 0) is 11.3 Å². The molecule has 4 aromatic rings. The molecular weight excluding hydrogens is 422 g/mol. The first-order valence-electron chi connectivity index (χ1n) is 10.4. The highest BCUT2D eigenvalue weighted by Gasteiger charge is 2.33. The molecule has 0 aliphatic carbocycles. The number of rotatable bonds is 5. The molecule has 0 N–H and O–H groups in total. The van der Waals surface area contributed by atoms with Gasteiger partial charge in [0.25, 0.3) is 17.7 Å². The van der Waals surface area contributed by atoms with Gasteiger partial charge < -0.3 is 9.26 Å². The number of imide groups is 1. The summed E-state index contributed by atoms with van der Waals surface area (Å²) in [5, 5.41) is 5.33. The van der Waals surface area contributed by atoms with E-state index in [-0.39, 0.29) is 24.0 Å². The maximum absolute atomic E-state index is 13.1. The molecule has 0 radical (unpaired) electrons. The maximum atomic E-state index is 13.1. The van der Waals surface area contributed by atoms with Gasteiger partial charge >= 0.3 is 5.97 Å². The summed E-state index contributed by atoms with van der Waals surface area (Å²) in [6.07, 6.45) is 0. The Morgan fingerprint density at radius 2 is 1.61 bits per heavy atom. The molecule has 8 nitrogen and oxygen atoms in total. The molecule has 1 aliphatic rings. The monoisotopic (exact) mass is 441 g/mol. The number of ether oxygens (including phenoxy) is 1. The number of hydrogen-bond acceptors (Lipinski definition) is 7. The van der Waals surface area contributed by atoms with Crippen LogP contribution >= 0.6 is 0 Å². The van der Waals surface area contributed by atoms with E-state index in [1.807, 2.05) is 26.0 Å². The van der Waals surface area contributed by atoms with Crippen molar-refractivity contribution in [1.29, 1.82) is 0 Å². The second-order valence-corrected chi connectivity index (χ2v) is 7.98. The molecular formula is C25H19N3O5. The molecule has 0 bridgehead atoms. The second-order valence-electron chi connectivity index (χ2n) is 7.98. The van der Waals surface area contributed by atoms with Gasteiger partial charge in [-0.1, -0.05) is 43.3 Å². The first-order chi connectivity index (χ1) is 15.9. The zero-order valence-corrected chi connectivity index (χ0v) is 17.9. The molecule has 0 saturated heterocycles. The van der Waals surface area contributed by atoms with E-state index in [9.17, 15) is 14.4 Å². The summed E-state index contributed by atoms with van der Waals surface area (Å²) >= 11 is 0. The van der Waals surface area contributed by atoms with Gasteiger partial charge in [0.05, 0.1) is 11.3 Å².